The largest absolute Gasteiger partial charge is 0.355 e. The standard InChI is InChI=1S/C15H16Cl2N4OS/c16-11-2-1-10(13(17)7-11)5-6-18-14(22)8-23-15-20-19-9-21(15)12-3-4-12/h1-2,7,9,12H,3-6,8H2,(H,18,22). The number of carbonyl (C=O) groups is 1. The van der Waals surface area contributed by atoms with Crippen molar-refractivity contribution in [1.29, 1.82) is 0 Å². The summed E-state index contributed by atoms with van der Waals surface area (Å²) in [5.41, 5.74) is 0.970. The molecule has 8 heteroatoms. The highest BCUT2D eigenvalue weighted by molar-refractivity contribution is 7.99. The van der Waals surface area contributed by atoms with Crippen LogP contribution in [0.25, 0.3) is 0 Å². The monoisotopic (exact) mass is 370 g/mol. The number of nitrogens with one attached hydrogen (secondary N) is 1. The zero-order valence-electron chi connectivity index (χ0n) is 12.3. The van der Waals surface area contributed by atoms with Crippen LogP contribution in [0.4, 0.5) is 0 Å². The van der Waals surface area contributed by atoms with E-state index in [-0.39, 0.29) is 5.91 Å². The molecule has 3 rings (SSSR count). The first-order chi connectivity index (χ1) is 11.1. The van der Waals surface area contributed by atoms with Gasteiger partial charge in [0.25, 0.3) is 0 Å². The minimum absolute atomic E-state index is 0.0227. The van der Waals surface area contributed by atoms with Crippen LogP contribution in [0, 0.1) is 0 Å². The molecule has 1 aliphatic rings. The highest BCUT2D eigenvalue weighted by Gasteiger charge is 2.26. The number of hydrogen-bond donors (Lipinski definition) is 1. The number of thioether (sulfide) groups is 1. The molecule has 1 fully saturated rings. The number of hydrogen-bond acceptors (Lipinski definition) is 4. The number of amides is 1. The summed E-state index contributed by atoms with van der Waals surface area (Å²) in [7, 11) is 0. The van der Waals surface area contributed by atoms with Crippen molar-refractivity contribution in [2.24, 2.45) is 0 Å². The van der Waals surface area contributed by atoms with Crippen LogP contribution in [0.1, 0.15) is 24.4 Å². The summed E-state index contributed by atoms with van der Waals surface area (Å²) in [6, 6.07) is 5.90. The van der Waals surface area contributed by atoms with E-state index in [1.54, 1.807) is 18.5 Å². The third kappa shape index (κ3) is 4.62. The van der Waals surface area contributed by atoms with Gasteiger partial charge < -0.3 is 9.88 Å². The molecule has 1 saturated carbocycles. The molecule has 1 aliphatic carbocycles. The summed E-state index contributed by atoms with van der Waals surface area (Å²) >= 11 is 13.4. The molecule has 1 amide bonds. The van der Waals surface area contributed by atoms with Gasteiger partial charge in [-0.3, -0.25) is 4.79 Å². The van der Waals surface area contributed by atoms with Crippen molar-refractivity contribution in [3.8, 4) is 0 Å². The number of benzene rings is 1. The smallest absolute Gasteiger partial charge is 0.230 e. The minimum atomic E-state index is -0.0227. The summed E-state index contributed by atoms with van der Waals surface area (Å²) in [6.07, 6.45) is 4.74. The molecule has 5 nitrogen and oxygen atoms in total. The van der Waals surface area contributed by atoms with Crippen LogP contribution in [0.15, 0.2) is 29.7 Å². The van der Waals surface area contributed by atoms with Crippen LogP contribution >= 0.6 is 35.0 Å². The molecule has 122 valence electrons. The SMILES string of the molecule is O=C(CSc1nncn1C1CC1)NCCc1ccc(Cl)cc1Cl. The molecule has 0 atom stereocenters. The Morgan fingerprint density at radius 1 is 1.39 bits per heavy atom. The van der Waals surface area contributed by atoms with E-state index in [1.165, 1.54) is 24.6 Å². The van der Waals surface area contributed by atoms with Gasteiger partial charge >= 0.3 is 0 Å². The minimum Gasteiger partial charge on any atom is -0.355 e. The topological polar surface area (TPSA) is 59.8 Å². The van der Waals surface area contributed by atoms with Crippen molar-refractivity contribution in [3.63, 3.8) is 0 Å². The predicted octanol–water partition coefficient (Wildman–Crippen LogP) is 3.37. The second kappa shape index (κ2) is 7.55. The predicted molar refractivity (Wildman–Crippen MR) is 92.2 cm³/mol. The zero-order valence-corrected chi connectivity index (χ0v) is 14.7. The molecule has 0 saturated heterocycles. The van der Waals surface area contributed by atoms with E-state index in [2.05, 4.69) is 15.5 Å². The Labute approximate surface area is 148 Å². The highest BCUT2D eigenvalue weighted by Crippen LogP contribution is 2.37. The first-order valence-corrected chi connectivity index (χ1v) is 9.10. The fourth-order valence-electron chi connectivity index (χ4n) is 2.18. The molecule has 0 bridgehead atoms. The lowest BCUT2D eigenvalue weighted by molar-refractivity contribution is -0.118. The number of carbonyl (C=O) groups excluding carboxylic acids is 1. The van der Waals surface area contributed by atoms with Gasteiger partial charge in [0.15, 0.2) is 5.16 Å². The average molecular weight is 371 g/mol. The van der Waals surface area contributed by atoms with E-state index >= 15 is 0 Å². The van der Waals surface area contributed by atoms with E-state index in [4.69, 9.17) is 23.2 Å². The summed E-state index contributed by atoms with van der Waals surface area (Å²) < 4.78 is 2.05. The van der Waals surface area contributed by atoms with Crippen molar-refractivity contribution >= 4 is 40.9 Å². The second-order valence-corrected chi connectivity index (χ2v) is 7.16. The molecule has 0 spiro atoms. The average Bonchev–Trinajstić information content (AvgIpc) is 3.26. The van der Waals surface area contributed by atoms with Gasteiger partial charge in [-0.1, -0.05) is 41.0 Å². The molecule has 1 heterocycles. The lowest BCUT2D eigenvalue weighted by atomic mass is 10.1. The van der Waals surface area contributed by atoms with E-state index in [1.807, 2.05) is 10.6 Å². The van der Waals surface area contributed by atoms with E-state index in [9.17, 15) is 4.79 Å². The normalized spacial score (nSPS) is 14.0. The van der Waals surface area contributed by atoms with Crippen molar-refractivity contribution in [2.45, 2.75) is 30.5 Å². The Balaban J connectivity index is 1.42. The third-order valence-electron chi connectivity index (χ3n) is 3.54. The molecule has 0 unspecified atom stereocenters. The van der Waals surface area contributed by atoms with E-state index in [0.29, 0.717) is 34.8 Å². The van der Waals surface area contributed by atoms with E-state index in [0.717, 1.165) is 10.7 Å². The van der Waals surface area contributed by atoms with Crippen LogP contribution in [-0.4, -0.2) is 33.0 Å². The summed E-state index contributed by atoms with van der Waals surface area (Å²) in [6.45, 7) is 0.538. The summed E-state index contributed by atoms with van der Waals surface area (Å²) in [4.78, 5) is 11.9. The van der Waals surface area contributed by atoms with Gasteiger partial charge in [0.1, 0.15) is 6.33 Å². The molecule has 23 heavy (non-hydrogen) atoms. The molecule has 0 aliphatic heterocycles. The van der Waals surface area contributed by atoms with Gasteiger partial charge in [-0.05, 0) is 37.0 Å². The zero-order chi connectivity index (χ0) is 16.2. The Morgan fingerprint density at radius 3 is 2.96 bits per heavy atom. The third-order valence-corrected chi connectivity index (χ3v) is 5.09. The lowest BCUT2D eigenvalue weighted by Crippen LogP contribution is -2.27. The summed E-state index contributed by atoms with van der Waals surface area (Å²) in [5, 5.41) is 12.9. The van der Waals surface area contributed by atoms with Crippen LogP contribution in [0.3, 0.4) is 0 Å². The lowest BCUT2D eigenvalue weighted by Gasteiger charge is -2.07. The maximum atomic E-state index is 11.9. The van der Waals surface area contributed by atoms with Crippen molar-refractivity contribution < 1.29 is 4.79 Å². The molecule has 0 radical (unpaired) electrons. The molecule has 1 aromatic carbocycles. The van der Waals surface area contributed by atoms with Crippen LogP contribution < -0.4 is 5.32 Å². The fourth-order valence-corrected chi connectivity index (χ4v) is 3.50. The maximum absolute atomic E-state index is 11.9. The van der Waals surface area contributed by atoms with Gasteiger partial charge in [0, 0.05) is 22.6 Å². The van der Waals surface area contributed by atoms with Crippen molar-refractivity contribution in [1.82, 2.24) is 20.1 Å². The molecular formula is C15H16Cl2N4OS. The highest BCUT2D eigenvalue weighted by atomic mass is 35.5. The van der Waals surface area contributed by atoms with Gasteiger partial charge in [-0.15, -0.1) is 10.2 Å². The summed E-state index contributed by atoms with van der Waals surface area (Å²) in [5.74, 6) is 0.310. The molecule has 1 N–H and O–H groups in total. The van der Waals surface area contributed by atoms with Crippen LogP contribution in [0.5, 0.6) is 0 Å². The Morgan fingerprint density at radius 2 is 2.22 bits per heavy atom. The molecule has 1 aromatic heterocycles. The molecule has 2 aromatic rings. The van der Waals surface area contributed by atoms with E-state index < -0.39 is 0 Å². The van der Waals surface area contributed by atoms with Gasteiger partial charge in [0.05, 0.1) is 5.75 Å². The van der Waals surface area contributed by atoms with Gasteiger partial charge in [0.2, 0.25) is 5.91 Å². The first-order valence-electron chi connectivity index (χ1n) is 7.36. The Hall–Kier alpha value is -1.24. The molecular weight excluding hydrogens is 355 g/mol. The number of halogens is 2. The Bertz CT molecular complexity index is 703. The second-order valence-electron chi connectivity index (χ2n) is 5.38. The fraction of sp³-hybridized carbons (Fsp3) is 0.400. The number of nitrogens with zero attached hydrogens (tertiary/aromatic N) is 3. The maximum Gasteiger partial charge on any atom is 0.230 e. The van der Waals surface area contributed by atoms with Crippen LogP contribution in [0.2, 0.25) is 10.0 Å². The number of aromatic nitrogens is 3. The van der Waals surface area contributed by atoms with Gasteiger partial charge in [-0.25, -0.2) is 0 Å². The van der Waals surface area contributed by atoms with Crippen molar-refractivity contribution in [3.05, 3.63) is 40.1 Å². The van der Waals surface area contributed by atoms with Crippen molar-refractivity contribution in [2.75, 3.05) is 12.3 Å². The first kappa shape index (κ1) is 16.6. The van der Waals surface area contributed by atoms with Gasteiger partial charge in [-0.2, -0.15) is 0 Å². The van der Waals surface area contributed by atoms with Crippen LogP contribution in [-0.2, 0) is 11.2 Å². The Kier molecular flexibility index (Phi) is 5.46. The number of rotatable bonds is 7. The quantitative estimate of drug-likeness (QED) is 0.759.